The molecule has 2 aliphatic rings. The Morgan fingerprint density at radius 2 is 2.00 bits per heavy atom. The summed E-state index contributed by atoms with van der Waals surface area (Å²) in [5, 5.41) is 0. The minimum Gasteiger partial charge on any atom is -0.438 e. The molecule has 2 fully saturated rings. The first-order chi connectivity index (χ1) is 8.38. The highest BCUT2D eigenvalue weighted by atomic mass is 16.4. The lowest BCUT2D eigenvalue weighted by molar-refractivity contribution is 0.110. The fourth-order valence-electron chi connectivity index (χ4n) is 3.46. The standard InChI is InChI=1S/C14H19NO2/c16-10-12-7-8-14(17-12)15-9-3-6-13(15)11-4-1-2-5-11/h7-8,10-11,13H,1-6,9H2. The van der Waals surface area contributed by atoms with Gasteiger partial charge in [0.1, 0.15) is 0 Å². The third-order valence-corrected chi connectivity index (χ3v) is 4.26. The van der Waals surface area contributed by atoms with Crippen molar-refractivity contribution in [3.05, 3.63) is 17.9 Å². The Hall–Kier alpha value is -1.25. The van der Waals surface area contributed by atoms with Crippen LogP contribution in [0, 0.1) is 5.92 Å². The molecule has 3 rings (SSSR count). The number of nitrogens with zero attached hydrogens (tertiary/aromatic N) is 1. The molecule has 2 heterocycles. The van der Waals surface area contributed by atoms with E-state index in [0.29, 0.717) is 11.8 Å². The minimum absolute atomic E-state index is 0.442. The van der Waals surface area contributed by atoms with Crippen molar-refractivity contribution in [2.24, 2.45) is 5.92 Å². The predicted molar refractivity (Wildman–Crippen MR) is 66.4 cm³/mol. The fourth-order valence-corrected chi connectivity index (χ4v) is 3.46. The summed E-state index contributed by atoms with van der Waals surface area (Å²) in [4.78, 5) is 13.0. The van der Waals surface area contributed by atoms with Gasteiger partial charge in [-0.05, 0) is 37.7 Å². The Kier molecular flexibility index (Phi) is 2.91. The van der Waals surface area contributed by atoms with E-state index in [2.05, 4.69) is 4.90 Å². The molecule has 17 heavy (non-hydrogen) atoms. The normalized spacial score (nSPS) is 25.6. The largest absolute Gasteiger partial charge is 0.438 e. The zero-order chi connectivity index (χ0) is 11.7. The molecule has 1 saturated carbocycles. The van der Waals surface area contributed by atoms with Crippen molar-refractivity contribution in [2.45, 2.75) is 44.6 Å². The van der Waals surface area contributed by atoms with Crippen LogP contribution < -0.4 is 4.90 Å². The van der Waals surface area contributed by atoms with Gasteiger partial charge >= 0.3 is 0 Å². The van der Waals surface area contributed by atoms with Gasteiger partial charge in [0.05, 0.1) is 0 Å². The van der Waals surface area contributed by atoms with Gasteiger partial charge in [-0.1, -0.05) is 12.8 Å². The van der Waals surface area contributed by atoms with Crippen LogP contribution in [-0.4, -0.2) is 18.9 Å². The molecular weight excluding hydrogens is 214 g/mol. The minimum atomic E-state index is 0.442. The lowest BCUT2D eigenvalue weighted by atomic mass is 9.96. The lowest BCUT2D eigenvalue weighted by Gasteiger charge is -2.29. The van der Waals surface area contributed by atoms with Gasteiger partial charge in [-0.15, -0.1) is 0 Å². The van der Waals surface area contributed by atoms with E-state index in [-0.39, 0.29) is 0 Å². The molecule has 0 spiro atoms. The number of aldehydes is 1. The molecule has 0 N–H and O–H groups in total. The topological polar surface area (TPSA) is 33.5 Å². The summed E-state index contributed by atoms with van der Waals surface area (Å²) in [6.45, 7) is 1.08. The first-order valence-electron chi connectivity index (χ1n) is 6.70. The summed E-state index contributed by atoms with van der Waals surface area (Å²) < 4.78 is 5.56. The first-order valence-corrected chi connectivity index (χ1v) is 6.70. The van der Waals surface area contributed by atoms with Crippen LogP contribution in [0.15, 0.2) is 16.5 Å². The van der Waals surface area contributed by atoms with Crippen LogP contribution in [0.2, 0.25) is 0 Å². The molecule has 0 aromatic carbocycles. The van der Waals surface area contributed by atoms with Gasteiger partial charge in [0.2, 0.25) is 0 Å². The molecule has 1 aliphatic carbocycles. The van der Waals surface area contributed by atoms with Crippen molar-refractivity contribution in [1.82, 2.24) is 0 Å². The van der Waals surface area contributed by atoms with Crippen molar-refractivity contribution in [1.29, 1.82) is 0 Å². The van der Waals surface area contributed by atoms with Gasteiger partial charge in [-0.2, -0.15) is 0 Å². The Bertz CT molecular complexity index is 393. The maximum Gasteiger partial charge on any atom is 0.196 e. The number of carbonyl (C=O) groups is 1. The van der Waals surface area contributed by atoms with E-state index in [9.17, 15) is 4.79 Å². The molecule has 0 amide bonds. The van der Waals surface area contributed by atoms with Gasteiger partial charge < -0.3 is 9.32 Å². The lowest BCUT2D eigenvalue weighted by Crippen LogP contribution is -2.34. The van der Waals surface area contributed by atoms with Crippen molar-refractivity contribution in [3.8, 4) is 0 Å². The molecule has 1 atom stereocenters. The Balaban J connectivity index is 1.78. The molecule has 1 aromatic rings. The molecule has 1 unspecified atom stereocenters. The SMILES string of the molecule is O=Cc1ccc(N2CCCC2C2CCCC2)o1. The molecule has 0 bridgehead atoms. The predicted octanol–water partition coefficient (Wildman–Crippen LogP) is 3.25. The average molecular weight is 233 g/mol. The Labute approximate surface area is 102 Å². The molecule has 1 aromatic heterocycles. The van der Waals surface area contributed by atoms with Crippen LogP contribution in [-0.2, 0) is 0 Å². The molecular formula is C14H19NO2. The van der Waals surface area contributed by atoms with Crippen molar-refractivity contribution in [2.75, 3.05) is 11.4 Å². The number of rotatable bonds is 3. The second kappa shape index (κ2) is 4.55. The molecule has 3 heteroatoms. The maximum atomic E-state index is 10.7. The van der Waals surface area contributed by atoms with Crippen LogP contribution in [0.25, 0.3) is 0 Å². The van der Waals surface area contributed by atoms with Crippen LogP contribution in [0.1, 0.15) is 49.1 Å². The van der Waals surface area contributed by atoms with E-state index < -0.39 is 0 Å². The van der Waals surface area contributed by atoms with E-state index >= 15 is 0 Å². The van der Waals surface area contributed by atoms with E-state index in [1.807, 2.05) is 6.07 Å². The summed E-state index contributed by atoms with van der Waals surface area (Å²) in [5.74, 6) is 2.17. The number of hydrogen-bond acceptors (Lipinski definition) is 3. The molecule has 0 radical (unpaired) electrons. The highest BCUT2D eigenvalue weighted by Gasteiger charge is 2.34. The average Bonchev–Trinajstić information content (AvgIpc) is 3.09. The Morgan fingerprint density at radius 3 is 2.71 bits per heavy atom. The summed E-state index contributed by atoms with van der Waals surface area (Å²) in [6.07, 6.45) is 8.80. The van der Waals surface area contributed by atoms with Gasteiger partial charge in [-0.25, -0.2) is 0 Å². The summed E-state index contributed by atoms with van der Waals surface area (Å²) in [7, 11) is 0. The van der Waals surface area contributed by atoms with Crippen LogP contribution in [0.4, 0.5) is 5.88 Å². The fraction of sp³-hybridized carbons (Fsp3) is 0.643. The zero-order valence-corrected chi connectivity index (χ0v) is 10.1. The van der Waals surface area contributed by atoms with Crippen LogP contribution >= 0.6 is 0 Å². The van der Waals surface area contributed by atoms with Gasteiger partial charge in [0.15, 0.2) is 17.9 Å². The molecule has 3 nitrogen and oxygen atoms in total. The van der Waals surface area contributed by atoms with E-state index in [0.717, 1.165) is 24.6 Å². The van der Waals surface area contributed by atoms with Crippen LogP contribution in [0.5, 0.6) is 0 Å². The smallest absolute Gasteiger partial charge is 0.196 e. The highest BCUT2D eigenvalue weighted by molar-refractivity contribution is 5.71. The number of hydrogen-bond donors (Lipinski definition) is 0. The second-order valence-corrected chi connectivity index (χ2v) is 5.24. The summed E-state index contributed by atoms with van der Waals surface area (Å²) in [6, 6.07) is 4.35. The molecule has 92 valence electrons. The zero-order valence-electron chi connectivity index (χ0n) is 10.1. The van der Waals surface area contributed by atoms with Gasteiger partial charge in [0, 0.05) is 18.7 Å². The second-order valence-electron chi connectivity index (χ2n) is 5.24. The monoisotopic (exact) mass is 233 g/mol. The third kappa shape index (κ3) is 1.99. The van der Waals surface area contributed by atoms with Gasteiger partial charge in [-0.3, -0.25) is 4.79 Å². The van der Waals surface area contributed by atoms with Crippen LogP contribution in [0.3, 0.4) is 0 Å². The first kappa shape index (κ1) is 10.9. The van der Waals surface area contributed by atoms with E-state index in [1.54, 1.807) is 6.07 Å². The van der Waals surface area contributed by atoms with Crippen molar-refractivity contribution >= 4 is 12.2 Å². The van der Waals surface area contributed by atoms with Crippen molar-refractivity contribution in [3.63, 3.8) is 0 Å². The highest BCUT2D eigenvalue weighted by Crippen LogP contribution is 2.38. The van der Waals surface area contributed by atoms with E-state index in [1.165, 1.54) is 38.5 Å². The van der Waals surface area contributed by atoms with Crippen molar-refractivity contribution < 1.29 is 9.21 Å². The summed E-state index contributed by atoms with van der Waals surface area (Å²) >= 11 is 0. The van der Waals surface area contributed by atoms with E-state index in [4.69, 9.17) is 4.42 Å². The number of carbonyl (C=O) groups excluding carboxylic acids is 1. The third-order valence-electron chi connectivity index (χ3n) is 4.26. The number of furan rings is 1. The Morgan fingerprint density at radius 1 is 1.18 bits per heavy atom. The maximum absolute atomic E-state index is 10.7. The quantitative estimate of drug-likeness (QED) is 0.751. The van der Waals surface area contributed by atoms with Gasteiger partial charge in [0.25, 0.3) is 0 Å². The number of anilines is 1. The molecule has 1 aliphatic heterocycles. The summed E-state index contributed by atoms with van der Waals surface area (Å²) in [5.41, 5.74) is 0. The molecule has 1 saturated heterocycles.